The first-order valence-corrected chi connectivity index (χ1v) is 11.3. The summed E-state index contributed by atoms with van der Waals surface area (Å²) in [6.45, 7) is 0. The van der Waals surface area contributed by atoms with Gasteiger partial charge in [-0.2, -0.15) is 5.26 Å². The van der Waals surface area contributed by atoms with Crippen molar-refractivity contribution in [1.29, 1.82) is 5.26 Å². The van der Waals surface area contributed by atoms with Gasteiger partial charge in [0.15, 0.2) is 5.78 Å². The molecule has 1 aliphatic carbocycles. The highest BCUT2D eigenvalue weighted by Gasteiger charge is 2.38. The number of amides is 1. The third-order valence-corrected chi connectivity index (χ3v) is 6.61. The van der Waals surface area contributed by atoms with Gasteiger partial charge in [-0.05, 0) is 43.2 Å². The molecule has 31 heavy (non-hydrogen) atoms. The maximum Gasteiger partial charge on any atom is 0.234 e. The lowest BCUT2D eigenvalue weighted by Crippen LogP contribution is -2.31. The number of nitrogens with one attached hydrogen (secondary N) is 2. The molecule has 6 nitrogen and oxygen atoms in total. The van der Waals surface area contributed by atoms with E-state index in [4.69, 9.17) is 27.6 Å². The standard InChI is InChI=1S/C22H17Cl2N3O3S/c23-12-6-7-15(14(24)9-12)26-19(29)11-31-22-13(10-25)20(18-5-2-8-30-18)21-16(27-22)3-1-4-17(21)28/h2,5-9,20,27H,1,3-4,11H2,(H,26,29)/t20-/m1/s1. The second-order valence-corrected chi connectivity index (χ2v) is 8.89. The zero-order valence-electron chi connectivity index (χ0n) is 16.2. The minimum absolute atomic E-state index is 0.0158. The van der Waals surface area contributed by atoms with Crippen molar-refractivity contribution in [1.82, 2.24) is 5.32 Å². The Morgan fingerprint density at radius 2 is 2.16 bits per heavy atom. The number of hydrogen-bond donors (Lipinski definition) is 2. The lowest BCUT2D eigenvalue weighted by Gasteiger charge is -2.32. The number of benzene rings is 1. The number of allylic oxidation sites excluding steroid dienone is 3. The number of carbonyl (C=O) groups excluding carboxylic acids is 2. The lowest BCUT2D eigenvalue weighted by molar-refractivity contribution is -0.116. The summed E-state index contributed by atoms with van der Waals surface area (Å²) in [7, 11) is 0. The number of dihydropyridines is 1. The summed E-state index contributed by atoms with van der Waals surface area (Å²) < 4.78 is 5.56. The molecule has 0 bridgehead atoms. The molecule has 0 radical (unpaired) electrons. The molecule has 2 aliphatic rings. The summed E-state index contributed by atoms with van der Waals surface area (Å²) in [5.41, 5.74) is 2.20. The molecule has 0 saturated heterocycles. The van der Waals surface area contributed by atoms with Crippen LogP contribution in [-0.4, -0.2) is 17.4 Å². The Hall–Kier alpha value is -2.66. The normalized spacial score (nSPS) is 18.4. The third kappa shape index (κ3) is 4.52. The third-order valence-electron chi connectivity index (χ3n) is 5.04. The first kappa shape index (κ1) is 21.6. The van der Waals surface area contributed by atoms with Crippen LogP contribution in [0.4, 0.5) is 5.69 Å². The molecule has 158 valence electrons. The van der Waals surface area contributed by atoms with Crippen molar-refractivity contribution >= 4 is 52.3 Å². The molecule has 1 aromatic carbocycles. The monoisotopic (exact) mass is 473 g/mol. The fourth-order valence-corrected chi connectivity index (χ4v) is 5.01. The van der Waals surface area contributed by atoms with E-state index in [1.807, 2.05) is 0 Å². The molecule has 9 heteroatoms. The van der Waals surface area contributed by atoms with Crippen LogP contribution in [0.15, 0.2) is 62.9 Å². The number of carbonyl (C=O) groups is 2. The highest BCUT2D eigenvalue weighted by molar-refractivity contribution is 8.03. The van der Waals surface area contributed by atoms with E-state index in [1.165, 1.54) is 18.0 Å². The minimum Gasteiger partial charge on any atom is -0.468 e. The van der Waals surface area contributed by atoms with Crippen LogP contribution in [0, 0.1) is 11.3 Å². The fraction of sp³-hybridized carbons (Fsp3) is 0.227. The highest BCUT2D eigenvalue weighted by atomic mass is 35.5. The Kier molecular flexibility index (Phi) is 6.42. The summed E-state index contributed by atoms with van der Waals surface area (Å²) in [5.74, 6) is -0.248. The molecular formula is C22H17Cl2N3O3S. The van der Waals surface area contributed by atoms with Crippen LogP contribution in [0.5, 0.6) is 0 Å². The van der Waals surface area contributed by atoms with Crippen molar-refractivity contribution in [3.8, 4) is 6.07 Å². The second-order valence-electron chi connectivity index (χ2n) is 7.06. The Bertz CT molecular complexity index is 1150. The topological polar surface area (TPSA) is 95.1 Å². The Balaban J connectivity index is 1.57. The molecule has 2 heterocycles. The number of hydrogen-bond acceptors (Lipinski definition) is 6. The quantitative estimate of drug-likeness (QED) is 0.604. The zero-order chi connectivity index (χ0) is 22.0. The van der Waals surface area contributed by atoms with E-state index in [1.54, 1.807) is 30.3 Å². The van der Waals surface area contributed by atoms with E-state index < -0.39 is 5.92 Å². The summed E-state index contributed by atoms with van der Waals surface area (Å²) in [6.07, 6.45) is 3.41. The average Bonchev–Trinajstić information content (AvgIpc) is 3.28. The van der Waals surface area contributed by atoms with E-state index in [-0.39, 0.29) is 17.4 Å². The van der Waals surface area contributed by atoms with Gasteiger partial charge in [-0.25, -0.2) is 0 Å². The number of anilines is 1. The van der Waals surface area contributed by atoms with Crippen LogP contribution < -0.4 is 10.6 Å². The first-order chi connectivity index (χ1) is 15.0. The van der Waals surface area contributed by atoms with Gasteiger partial charge in [0.05, 0.1) is 45.3 Å². The van der Waals surface area contributed by atoms with Gasteiger partial charge in [0.2, 0.25) is 5.91 Å². The van der Waals surface area contributed by atoms with E-state index in [2.05, 4.69) is 16.7 Å². The average molecular weight is 474 g/mol. The van der Waals surface area contributed by atoms with Crippen LogP contribution >= 0.6 is 35.0 Å². The predicted octanol–water partition coefficient (Wildman–Crippen LogP) is 5.39. The smallest absolute Gasteiger partial charge is 0.234 e. The Labute approximate surface area is 193 Å². The maximum absolute atomic E-state index is 12.7. The number of nitriles is 1. The van der Waals surface area contributed by atoms with Gasteiger partial charge < -0.3 is 15.1 Å². The van der Waals surface area contributed by atoms with E-state index >= 15 is 0 Å². The molecule has 0 fully saturated rings. The Morgan fingerprint density at radius 1 is 1.32 bits per heavy atom. The number of thioether (sulfide) groups is 1. The largest absolute Gasteiger partial charge is 0.468 e. The summed E-state index contributed by atoms with van der Waals surface area (Å²) >= 11 is 13.2. The molecule has 0 spiro atoms. The van der Waals surface area contributed by atoms with Crippen LogP contribution in [-0.2, 0) is 9.59 Å². The number of Topliss-reactive ketones (excluding diaryl/α,β-unsaturated/α-hetero) is 1. The number of nitrogens with zero attached hydrogens (tertiary/aromatic N) is 1. The molecule has 0 saturated carbocycles. The van der Waals surface area contributed by atoms with Crippen LogP contribution in [0.25, 0.3) is 0 Å². The maximum atomic E-state index is 12.7. The molecule has 0 unspecified atom stereocenters. The van der Waals surface area contributed by atoms with Gasteiger partial charge in [0.25, 0.3) is 0 Å². The fourth-order valence-electron chi connectivity index (χ4n) is 3.69. The zero-order valence-corrected chi connectivity index (χ0v) is 18.5. The minimum atomic E-state index is -0.569. The van der Waals surface area contributed by atoms with Crippen LogP contribution in [0.2, 0.25) is 10.0 Å². The van der Waals surface area contributed by atoms with Gasteiger partial charge in [-0.15, -0.1) is 0 Å². The number of ketones is 1. The van der Waals surface area contributed by atoms with Crippen LogP contribution in [0.3, 0.4) is 0 Å². The van der Waals surface area contributed by atoms with Crippen molar-refractivity contribution in [3.05, 3.63) is 74.3 Å². The number of furan rings is 1. The lowest BCUT2D eigenvalue weighted by atomic mass is 9.79. The molecule has 1 aliphatic heterocycles. The molecule has 1 atom stereocenters. The van der Waals surface area contributed by atoms with Crippen molar-refractivity contribution in [3.63, 3.8) is 0 Å². The molecule has 1 aromatic heterocycles. The Morgan fingerprint density at radius 3 is 2.87 bits per heavy atom. The number of rotatable bonds is 5. The van der Waals surface area contributed by atoms with Crippen molar-refractivity contribution in [2.45, 2.75) is 25.2 Å². The van der Waals surface area contributed by atoms with Gasteiger partial charge >= 0.3 is 0 Å². The molecule has 1 amide bonds. The van der Waals surface area contributed by atoms with Gasteiger partial charge in [-0.3, -0.25) is 9.59 Å². The van der Waals surface area contributed by atoms with E-state index in [0.29, 0.717) is 50.5 Å². The van der Waals surface area contributed by atoms with Crippen molar-refractivity contribution in [2.24, 2.45) is 0 Å². The molecule has 2 N–H and O–H groups in total. The van der Waals surface area contributed by atoms with Crippen LogP contribution in [0.1, 0.15) is 30.9 Å². The summed E-state index contributed by atoms with van der Waals surface area (Å²) in [5, 5.41) is 17.2. The second kappa shape index (κ2) is 9.23. The highest BCUT2D eigenvalue weighted by Crippen LogP contribution is 2.44. The molecule has 2 aromatic rings. The van der Waals surface area contributed by atoms with E-state index in [0.717, 1.165) is 12.1 Å². The summed E-state index contributed by atoms with van der Waals surface area (Å²) in [4.78, 5) is 25.2. The van der Waals surface area contributed by atoms with Gasteiger partial charge in [0, 0.05) is 22.7 Å². The first-order valence-electron chi connectivity index (χ1n) is 9.56. The van der Waals surface area contributed by atoms with Gasteiger partial charge in [-0.1, -0.05) is 35.0 Å². The van der Waals surface area contributed by atoms with E-state index in [9.17, 15) is 14.9 Å². The molecular weight excluding hydrogens is 457 g/mol. The van der Waals surface area contributed by atoms with Crippen molar-refractivity contribution < 1.29 is 14.0 Å². The molecule has 4 rings (SSSR count). The summed E-state index contributed by atoms with van der Waals surface area (Å²) in [6, 6.07) is 10.5. The number of halogens is 2. The SMILES string of the molecule is N#CC1=C(SCC(=O)Nc2ccc(Cl)cc2Cl)NC2=C(C(=O)CCC2)[C@H]1c1ccco1. The van der Waals surface area contributed by atoms with Crippen molar-refractivity contribution in [2.75, 3.05) is 11.1 Å². The van der Waals surface area contributed by atoms with Gasteiger partial charge in [0.1, 0.15) is 5.76 Å². The predicted molar refractivity (Wildman–Crippen MR) is 121 cm³/mol.